The van der Waals surface area contributed by atoms with Crippen molar-refractivity contribution in [2.45, 2.75) is 19.4 Å². The minimum atomic E-state index is -0.890. The van der Waals surface area contributed by atoms with Crippen molar-refractivity contribution in [2.75, 3.05) is 18.5 Å². The summed E-state index contributed by atoms with van der Waals surface area (Å²) >= 11 is 0. The molecule has 122 valence electrons. The molecule has 1 aromatic carbocycles. The lowest BCUT2D eigenvalue weighted by Crippen LogP contribution is -2.12. The second kappa shape index (κ2) is 8.14. The van der Waals surface area contributed by atoms with Gasteiger partial charge in [-0.15, -0.1) is 6.58 Å². The van der Waals surface area contributed by atoms with E-state index < -0.39 is 5.97 Å². The first-order valence-corrected chi connectivity index (χ1v) is 7.39. The number of fused-ring (bicyclic) bond motifs is 1. The number of amides is 1. The fraction of sp³-hybridized carbons (Fsp3) is 0.294. The van der Waals surface area contributed by atoms with E-state index in [0.717, 1.165) is 10.9 Å². The highest BCUT2D eigenvalue weighted by Gasteiger charge is 2.07. The van der Waals surface area contributed by atoms with E-state index in [1.54, 1.807) is 29.0 Å². The van der Waals surface area contributed by atoms with Crippen molar-refractivity contribution in [3.63, 3.8) is 0 Å². The second-order valence-electron chi connectivity index (χ2n) is 5.13. The molecule has 23 heavy (non-hydrogen) atoms. The normalized spacial score (nSPS) is 10.6. The Labute approximate surface area is 134 Å². The number of aromatic nitrogens is 1. The summed E-state index contributed by atoms with van der Waals surface area (Å²) in [5.41, 5.74) is 1.52. The maximum absolute atomic E-state index is 11.9. The minimum absolute atomic E-state index is 0.0727. The van der Waals surface area contributed by atoms with Crippen molar-refractivity contribution in [1.29, 1.82) is 0 Å². The molecule has 0 bridgehead atoms. The first-order chi connectivity index (χ1) is 11.1. The van der Waals surface area contributed by atoms with Gasteiger partial charge in [-0.25, -0.2) is 0 Å². The molecule has 0 aliphatic carbocycles. The van der Waals surface area contributed by atoms with E-state index in [9.17, 15) is 9.59 Å². The Hall–Kier alpha value is -2.60. The smallest absolute Gasteiger partial charge is 0.323 e. The molecular formula is C17H20N2O4. The molecule has 2 rings (SSSR count). The molecule has 0 unspecified atom stereocenters. The van der Waals surface area contributed by atoms with Crippen LogP contribution in [0.5, 0.6) is 0 Å². The third kappa shape index (κ3) is 4.96. The van der Waals surface area contributed by atoms with Crippen LogP contribution in [0.1, 0.15) is 12.8 Å². The standard InChI is InChI=1S/C17H20N2O4/c1-2-9-23-10-3-4-16(20)18-14-5-6-15-13(11-14)7-8-19(15)12-17(21)22/h2,5-8,11H,1,3-4,9-10,12H2,(H,18,20)(H,21,22). The second-order valence-corrected chi connectivity index (χ2v) is 5.13. The van der Waals surface area contributed by atoms with Crippen molar-refractivity contribution in [2.24, 2.45) is 0 Å². The van der Waals surface area contributed by atoms with E-state index in [-0.39, 0.29) is 12.5 Å². The Morgan fingerprint density at radius 1 is 1.35 bits per heavy atom. The van der Waals surface area contributed by atoms with Crippen LogP contribution in [0.15, 0.2) is 43.1 Å². The summed E-state index contributed by atoms with van der Waals surface area (Å²) in [6.45, 7) is 4.49. The number of hydrogen-bond acceptors (Lipinski definition) is 3. The van der Waals surface area contributed by atoms with Gasteiger partial charge in [0.2, 0.25) is 5.91 Å². The molecule has 0 aliphatic heterocycles. The molecule has 0 saturated heterocycles. The highest BCUT2D eigenvalue weighted by Crippen LogP contribution is 2.20. The Bertz CT molecular complexity index is 706. The summed E-state index contributed by atoms with van der Waals surface area (Å²) in [5, 5.41) is 12.6. The van der Waals surface area contributed by atoms with Crippen molar-refractivity contribution in [3.05, 3.63) is 43.1 Å². The largest absolute Gasteiger partial charge is 0.480 e. The lowest BCUT2D eigenvalue weighted by atomic mass is 10.2. The maximum atomic E-state index is 11.9. The maximum Gasteiger partial charge on any atom is 0.323 e. The van der Waals surface area contributed by atoms with Crippen molar-refractivity contribution in [1.82, 2.24) is 4.57 Å². The van der Waals surface area contributed by atoms with E-state index >= 15 is 0 Å². The molecular weight excluding hydrogens is 296 g/mol. The van der Waals surface area contributed by atoms with E-state index in [1.165, 1.54) is 0 Å². The summed E-state index contributed by atoms with van der Waals surface area (Å²) in [6.07, 6.45) is 4.43. The van der Waals surface area contributed by atoms with Gasteiger partial charge in [0.25, 0.3) is 0 Å². The fourth-order valence-corrected chi connectivity index (χ4v) is 2.29. The van der Waals surface area contributed by atoms with E-state index in [1.807, 2.05) is 12.1 Å². The number of aliphatic carboxylic acids is 1. The summed E-state index contributed by atoms with van der Waals surface area (Å²) in [7, 11) is 0. The van der Waals surface area contributed by atoms with Gasteiger partial charge in [-0.3, -0.25) is 9.59 Å². The van der Waals surface area contributed by atoms with Gasteiger partial charge in [0.1, 0.15) is 6.54 Å². The van der Waals surface area contributed by atoms with Crippen molar-refractivity contribution < 1.29 is 19.4 Å². The van der Waals surface area contributed by atoms with E-state index in [4.69, 9.17) is 9.84 Å². The monoisotopic (exact) mass is 316 g/mol. The lowest BCUT2D eigenvalue weighted by Gasteiger charge is -2.07. The molecule has 0 radical (unpaired) electrons. The summed E-state index contributed by atoms with van der Waals surface area (Å²) in [5.74, 6) is -0.963. The molecule has 0 aliphatic rings. The summed E-state index contributed by atoms with van der Waals surface area (Å²) in [4.78, 5) is 22.7. The molecule has 2 aromatic rings. The average Bonchev–Trinajstić information content (AvgIpc) is 2.89. The van der Waals surface area contributed by atoms with Gasteiger partial charge in [0.15, 0.2) is 0 Å². The van der Waals surface area contributed by atoms with Crippen LogP contribution in [-0.4, -0.2) is 34.8 Å². The number of carboxylic acid groups (broad SMARTS) is 1. The van der Waals surface area contributed by atoms with Crippen LogP contribution in [0.3, 0.4) is 0 Å². The molecule has 0 saturated carbocycles. The number of rotatable bonds is 9. The SMILES string of the molecule is C=CCOCCCC(=O)Nc1ccc2c(ccn2CC(=O)O)c1. The number of anilines is 1. The van der Waals surface area contributed by atoms with Gasteiger partial charge in [0.05, 0.1) is 6.61 Å². The number of carbonyl (C=O) groups is 2. The van der Waals surface area contributed by atoms with Gasteiger partial charge in [0, 0.05) is 35.8 Å². The first kappa shape index (κ1) is 16.8. The zero-order valence-corrected chi connectivity index (χ0v) is 12.8. The number of carboxylic acids is 1. The number of hydrogen-bond donors (Lipinski definition) is 2. The van der Waals surface area contributed by atoms with Crippen LogP contribution in [-0.2, 0) is 20.9 Å². The summed E-state index contributed by atoms with van der Waals surface area (Å²) < 4.78 is 6.88. The quantitative estimate of drug-likeness (QED) is 0.550. The van der Waals surface area contributed by atoms with Gasteiger partial charge in [-0.2, -0.15) is 0 Å². The van der Waals surface area contributed by atoms with Crippen molar-refractivity contribution in [3.8, 4) is 0 Å². The molecule has 6 heteroatoms. The van der Waals surface area contributed by atoms with Gasteiger partial charge in [-0.05, 0) is 30.7 Å². The predicted octanol–water partition coefficient (Wildman–Crippen LogP) is 2.65. The predicted molar refractivity (Wildman–Crippen MR) is 88.5 cm³/mol. The van der Waals surface area contributed by atoms with Crippen LogP contribution in [0.2, 0.25) is 0 Å². The Morgan fingerprint density at radius 3 is 2.91 bits per heavy atom. The number of carbonyl (C=O) groups excluding carboxylic acids is 1. The highest BCUT2D eigenvalue weighted by atomic mass is 16.5. The Morgan fingerprint density at radius 2 is 2.17 bits per heavy atom. The lowest BCUT2D eigenvalue weighted by molar-refractivity contribution is -0.137. The van der Waals surface area contributed by atoms with Crippen LogP contribution >= 0.6 is 0 Å². The zero-order valence-electron chi connectivity index (χ0n) is 12.8. The minimum Gasteiger partial charge on any atom is -0.480 e. The third-order valence-electron chi connectivity index (χ3n) is 3.29. The molecule has 0 atom stereocenters. The van der Waals surface area contributed by atoms with Crippen LogP contribution in [0.4, 0.5) is 5.69 Å². The Kier molecular flexibility index (Phi) is 5.94. The fourth-order valence-electron chi connectivity index (χ4n) is 2.29. The van der Waals surface area contributed by atoms with Gasteiger partial charge >= 0.3 is 5.97 Å². The topological polar surface area (TPSA) is 80.6 Å². The molecule has 6 nitrogen and oxygen atoms in total. The third-order valence-corrected chi connectivity index (χ3v) is 3.29. The number of benzene rings is 1. The summed E-state index contributed by atoms with van der Waals surface area (Å²) in [6, 6.07) is 7.24. The van der Waals surface area contributed by atoms with E-state index in [2.05, 4.69) is 11.9 Å². The zero-order chi connectivity index (χ0) is 16.7. The van der Waals surface area contributed by atoms with Crippen LogP contribution in [0, 0.1) is 0 Å². The van der Waals surface area contributed by atoms with Crippen LogP contribution in [0.25, 0.3) is 10.9 Å². The van der Waals surface area contributed by atoms with Gasteiger partial charge < -0.3 is 19.7 Å². The molecule has 0 fully saturated rings. The molecule has 1 heterocycles. The van der Waals surface area contributed by atoms with Crippen LogP contribution < -0.4 is 5.32 Å². The van der Waals surface area contributed by atoms with Crippen molar-refractivity contribution >= 4 is 28.5 Å². The van der Waals surface area contributed by atoms with E-state index in [0.29, 0.717) is 31.7 Å². The number of nitrogens with zero attached hydrogens (tertiary/aromatic N) is 1. The molecule has 1 amide bonds. The number of nitrogens with one attached hydrogen (secondary N) is 1. The number of ether oxygens (including phenoxy) is 1. The molecule has 0 spiro atoms. The molecule has 1 aromatic heterocycles. The first-order valence-electron chi connectivity index (χ1n) is 7.39. The highest BCUT2D eigenvalue weighted by molar-refractivity contribution is 5.94. The molecule has 2 N–H and O–H groups in total. The average molecular weight is 316 g/mol. The van der Waals surface area contributed by atoms with Gasteiger partial charge in [-0.1, -0.05) is 6.08 Å². The Balaban J connectivity index is 1.92.